The SMILES string of the molecule is CCCCc1ccc(NC(=O)N2CCCC(C(=O)OCC)C2)c(C)c1. The predicted octanol–water partition coefficient (Wildman–Crippen LogP) is 4.14. The van der Waals surface area contributed by atoms with E-state index < -0.39 is 0 Å². The summed E-state index contributed by atoms with van der Waals surface area (Å²) in [4.78, 5) is 26.2. The number of unbranched alkanes of at least 4 members (excludes halogenated alkanes) is 1. The third kappa shape index (κ3) is 5.48. The summed E-state index contributed by atoms with van der Waals surface area (Å²) in [5.41, 5.74) is 3.21. The lowest BCUT2D eigenvalue weighted by molar-refractivity contribution is -0.149. The number of esters is 1. The number of aryl methyl sites for hydroxylation is 2. The average Bonchev–Trinajstić information content (AvgIpc) is 2.62. The number of carbonyl (C=O) groups excluding carboxylic acids is 2. The van der Waals surface area contributed by atoms with Crippen molar-refractivity contribution >= 4 is 17.7 Å². The zero-order chi connectivity index (χ0) is 18.2. The number of hydrogen-bond donors (Lipinski definition) is 1. The Hall–Kier alpha value is -2.04. The number of benzene rings is 1. The van der Waals surface area contributed by atoms with E-state index in [1.165, 1.54) is 18.4 Å². The van der Waals surface area contributed by atoms with Gasteiger partial charge in [0, 0.05) is 18.8 Å². The fourth-order valence-corrected chi connectivity index (χ4v) is 3.21. The first-order chi connectivity index (χ1) is 12.0. The maximum atomic E-state index is 12.6. The molecular formula is C20H30N2O3. The monoisotopic (exact) mass is 346 g/mol. The van der Waals surface area contributed by atoms with E-state index in [0.29, 0.717) is 19.7 Å². The van der Waals surface area contributed by atoms with Gasteiger partial charge in [-0.3, -0.25) is 4.79 Å². The van der Waals surface area contributed by atoms with Crippen molar-refractivity contribution in [2.45, 2.75) is 52.9 Å². The van der Waals surface area contributed by atoms with Gasteiger partial charge in [-0.2, -0.15) is 0 Å². The third-order valence-electron chi connectivity index (χ3n) is 4.68. The highest BCUT2D eigenvalue weighted by atomic mass is 16.5. The topological polar surface area (TPSA) is 58.6 Å². The quantitative estimate of drug-likeness (QED) is 0.787. The summed E-state index contributed by atoms with van der Waals surface area (Å²) in [7, 11) is 0. The number of ether oxygens (including phenoxy) is 1. The van der Waals surface area contributed by atoms with Gasteiger partial charge in [-0.25, -0.2) is 4.79 Å². The summed E-state index contributed by atoms with van der Waals surface area (Å²) in [6, 6.07) is 6.06. The second-order valence-corrected chi connectivity index (χ2v) is 6.72. The number of nitrogens with one attached hydrogen (secondary N) is 1. The maximum Gasteiger partial charge on any atom is 0.321 e. The molecule has 0 radical (unpaired) electrons. The zero-order valence-electron chi connectivity index (χ0n) is 15.6. The summed E-state index contributed by atoms with van der Waals surface area (Å²) in [5, 5.41) is 2.99. The molecule has 25 heavy (non-hydrogen) atoms. The molecule has 2 rings (SSSR count). The van der Waals surface area contributed by atoms with E-state index in [9.17, 15) is 9.59 Å². The number of rotatable bonds is 6. The van der Waals surface area contributed by atoms with Gasteiger partial charge in [0.1, 0.15) is 0 Å². The first-order valence-corrected chi connectivity index (χ1v) is 9.37. The van der Waals surface area contributed by atoms with Crippen molar-refractivity contribution in [1.82, 2.24) is 4.90 Å². The van der Waals surface area contributed by atoms with Crippen LogP contribution >= 0.6 is 0 Å². The largest absolute Gasteiger partial charge is 0.466 e. The molecule has 1 aromatic rings. The Morgan fingerprint density at radius 2 is 2.12 bits per heavy atom. The van der Waals surface area contributed by atoms with E-state index >= 15 is 0 Å². The molecule has 1 aliphatic rings. The van der Waals surface area contributed by atoms with E-state index in [0.717, 1.165) is 30.5 Å². The van der Waals surface area contributed by atoms with Gasteiger partial charge in [0.15, 0.2) is 0 Å². The first-order valence-electron chi connectivity index (χ1n) is 9.37. The van der Waals surface area contributed by atoms with Crippen molar-refractivity contribution in [1.29, 1.82) is 0 Å². The van der Waals surface area contributed by atoms with Gasteiger partial charge >= 0.3 is 12.0 Å². The molecule has 1 atom stereocenters. The second-order valence-electron chi connectivity index (χ2n) is 6.72. The number of nitrogens with zero attached hydrogens (tertiary/aromatic N) is 1. The number of amides is 2. The van der Waals surface area contributed by atoms with Crippen LogP contribution in [0.1, 0.15) is 50.7 Å². The van der Waals surface area contributed by atoms with Crippen LogP contribution in [-0.2, 0) is 16.0 Å². The van der Waals surface area contributed by atoms with Crippen molar-refractivity contribution in [3.05, 3.63) is 29.3 Å². The van der Waals surface area contributed by atoms with Crippen molar-refractivity contribution in [2.24, 2.45) is 5.92 Å². The number of urea groups is 1. The summed E-state index contributed by atoms with van der Waals surface area (Å²) >= 11 is 0. The minimum atomic E-state index is -0.211. The van der Waals surface area contributed by atoms with Crippen molar-refractivity contribution < 1.29 is 14.3 Å². The van der Waals surface area contributed by atoms with E-state index in [1.54, 1.807) is 11.8 Å². The molecule has 0 saturated carbocycles. The first kappa shape index (κ1) is 19.3. The normalized spacial score (nSPS) is 17.2. The molecule has 138 valence electrons. The number of hydrogen-bond acceptors (Lipinski definition) is 3. The Morgan fingerprint density at radius 3 is 2.80 bits per heavy atom. The summed E-state index contributed by atoms with van der Waals surface area (Å²) < 4.78 is 5.09. The highest BCUT2D eigenvalue weighted by molar-refractivity contribution is 5.90. The molecule has 1 fully saturated rings. The molecule has 5 heteroatoms. The molecule has 1 heterocycles. The minimum absolute atomic E-state index is 0.140. The van der Waals surface area contributed by atoms with E-state index in [1.807, 2.05) is 13.0 Å². The number of likely N-dealkylation sites (tertiary alicyclic amines) is 1. The molecule has 1 N–H and O–H groups in total. The predicted molar refractivity (Wildman–Crippen MR) is 99.7 cm³/mol. The van der Waals surface area contributed by atoms with Gasteiger partial charge in [-0.15, -0.1) is 0 Å². The zero-order valence-corrected chi connectivity index (χ0v) is 15.6. The van der Waals surface area contributed by atoms with Crippen LogP contribution in [0.5, 0.6) is 0 Å². The molecule has 1 aliphatic heterocycles. The Balaban J connectivity index is 1.95. The van der Waals surface area contributed by atoms with Crippen LogP contribution in [0.25, 0.3) is 0 Å². The van der Waals surface area contributed by atoms with Crippen LogP contribution in [0.15, 0.2) is 18.2 Å². The van der Waals surface area contributed by atoms with Gasteiger partial charge in [0.05, 0.1) is 12.5 Å². The molecule has 0 spiro atoms. The average molecular weight is 346 g/mol. The molecule has 0 aromatic heterocycles. The van der Waals surface area contributed by atoms with Crippen LogP contribution in [0, 0.1) is 12.8 Å². The molecule has 1 unspecified atom stereocenters. The summed E-state index contributed by atoms with van der Waals surface area (Å²) in [6.45, 7) is 7.49. The van der Waals surface area contributed by atoms with Crippen LogP contribution in [0.3, 0.4) is 0 Å². The molecule has 0 aliphatic carbocycles. The van der Waals surface area contributed by atoms with Gasteiger partial charge < -0.3 is 15.0 Å². The summed E-state index contributed by atoms with van der Waals surface area (Å²) in [5.74, 6) is -0.409. The van der Waals surface area contributed by atoms with Crippen molar-refractivity contribution in [2.75, 3.05) is 25.0 Å². The van der Waals surface area contributed by atoms with Crippen LogP contribution in [0.4, 0.5) is 10.5 Å². The summed E-state index contributed by atoms with van der Waals surface area (Å²) in [6.07, 6.45) is 5.03. The van der Waals surface area contributed by atoms with Gasteiger partial charge in [-0.05, 0) is 56.7 Å². The lowest BCUT2D eigenvalue weighted by Gasteiger charge is -2.31. The molecular weight excluding hydrogens is 316 g/mol. The highest BCUT2D eigenvalue weighted by Crippen LogP contribution is 2.21. The molecule has 1 saturated heterocycles. The third-order valence-corrected chi connectivity index (χ3v) is 4.68. The van der Waals surface area contributed by atoms with E-state index in [2.05, 4.69) is 24.4 Å². The minimum Gasteiger partial charge on any atom is -0.466 e. The van der Waals surface area contributed by atoms with Gasteiger partial charge in [0.25, 0.3) is 0 Å². The van der Waals surface area contributed by atoms with Gasteiger partial charge in [-0.1, -0.05) is 25.5 Å². The number of piperidine rings is 1. The number of carbonyl (C=O) groups is 2. The number of anilines is 1. The molecule has 5 nitrogen and oxygen atoms in total. The van der Waals surface area contributed by atoms with Crippen LogP contribution in [0.2, 0.25) is 0 Å². The Kier molecular flexibility index (Phi) is 7.29. The van der Waals surface area contributed by atoms with E-state index in [4.69, 9.17) is 4.74 Å². The fraction of sp³-hybridized carbons (Fsp3) is 0.600. The lowest BCUT2D eigenvalue weighted by Crippen LogP contribution is -2.44. The Morgan fingerprint density at radius 1 is 1.32 bits per heavy atom. The second kappa shape index (κ2) is 9.44. The van der Waals surface area contributed by atoms with Crippen molar-refractivity contribution in [3.8, 4) is 0 Å². The molecule has 0 bridgehead atoms. The van der Waals surface area contributed by atoms with Crippen LogP contribution < -0.4 is 5.32 Å². The fourth-order valence-electron chi connectivity index (χ4n) is 3.21. The molecule has 1 aromatic carbocycles. The highest BCUT2D eigenvalue weighted by Gasteiger charge is 2.29. The maximum absolute atomic E-state index is 12.6. The standard InChI is InChI=1S/C20H30N2O3/c1-4-6-8-16-10-11-18(15(3)13-16)21-20(24)22-12-7-9-17(14-22)19(23)25-5-2/h10-11,13,17H,4-9,12,14H2,1-3H3,(H,21,24). The van der Waals surface area contributed by atoms with Crippen molar-refractivity contribution in [3.63, 3.8) is 0 Å². The van der Waals surface area contributed by atoms with Gasteiger partial charge in [0.2, 0.25) is 0 Å². The lowest BCUT2D eigenvalue weighted by atomic mass is 9.98. The van der Waals surface area contributed by atoms with E-state index in [-0.39, 0.29) is 17.9 Å². The smallest absolute Gasteiger partial charge is 0.321 e. The van der Waals surface area contributed by atoms with Crippen LogP contribution in [-0.4, -0.2) is 36.6 Å². The Labute approximate surface area is 150 Å². The molecule has 2 amide bonds. The Bertz CT molecular complexity index is 601.